The minimum Gasteiger partial charge on any atom is -0.295 e. The van der Waals surface area contributed by atoms with Crippen molar-refractivity contribution in [2.24, 2.45) is 0 Å². The minimum atomic E-state index is -3.72. The van der Waals surface area contributed by atoms with E-state index in [1.807, 2.05) is 32.0 Å². The molecular formula is C20H20FN3O2S. The first-order valence-corrected chi connectivity index (χ1v) is 10.5. The Hall–Kier alpha value is -2.54. The zero-order chi connectivity index (χ0) is 19.2. The van der Waals surface area contributed by atoms with Crippen LogP contribution in [-0.4, -0.2) is 23.2 Å². The number of hydrogen-bond donors (Lipinski definition) is 0. The van der Waals surface area contributed by atoms with Crippen LogP contribution in [0.2, 0.25) is 0 Å². The van der Waals surface area contributed by atoms with Crippen LogP contribution in [0.3, 0.4) is 0 Å². The maximum absolute atomic E-state index is 14.3. The lowest BCUT2D eigenvalue weighted by Gasteiger charge is -2.11. The maximum Gasteiger partial charge on any atom is 0.250 e. The van der Waals surface area contributed by atoms with Gasteiger partial charge in [0.15, 0.2) is 5.82 Å². The molecule has 4 rings (SSSR count). The molecule has 0 unspecified atom stereocenters. The van der Waals surface area contributed by atoms with Gasteiger partial charge in [-0.25, -0.2) is 12.8 Å². The van der Waals surface area contributed by atoms with Gasteiger partial charge in [-0.3, -0.25) is 4.57 Å². The Balaban J connectivity index is 1.80. The Morgan fingerprint density at radius 2 is 1.85 bits per heavy atom. The Morgan fingerprint density at radius 1 is 1.11 bits per heavy atom. The van der Waals surface area contributed by atoms with E-state index in [0.717, 1.165) is 29.5 Å². The van der Waals surface area contributed by atoms with Gasteiger partial charge in [-0.15, -0.1) is 10.2 Å². The summed E-state index contributed by atoms with van der Waals surface area (Å²) >= 11 is 0. The van der Waals surface area contributed by atoms with E-state index in [4.69, 9.17) is 0 Å². The number of nitrogens with zero attached hydrogens (tertiary/aromatic N) is 3. The van der Waals surface area contributed by atoms with E-state index >= 15 is 0 Å². The van der Waals surface area contributed by atoms with Gasteiger partial charge in [0.1, 0.15) is 5.82 Å². The molecule has 1 heterocycles. The number of benzene rings is 2. The van der Waals surface area contributed by atoms with Crippen LogP contribution in [-0.2, 0) is 15.6 Å². The van der Waals surface area contributed by atoms with Crippen molar-refractivity contribution in [2.75, 3.05) is 0 Å². The molecule has 1 fully saturated rings. The Bertz CT molecular complexity index is 1120. The minimum absolute atomic E-state index is 0.00186. The summed E-state index contributed by atoms with van der Waals surface area (Å²) < 4.78 is 42.1. The average molecular weight is 385 g/mol. The van der Waals surface area contributed by atoms with Crippen LogP contribution in [0.15, 0.2) is 47.6 Å². The molecule has 0 radical (unpaired) electrons. The van der Waals surface area contributed by atoms with Crippen LogP contribution in [0.25, 0.3) is 11.4 Å². The number of sulfone groups is 1. The molecule has 3 aromatic rings. The van der Waals surface area contributed by atoms with Gasteiger partial charge in [0.05, 0.1) is 11.3 Å². The normalized spacial score (nSPS) is 14.5. The van der Waals surface area contributed by atoms with E-state index in [-0.39, 0.29) is 28.3 Å². The molecule has 1 saturated carbocycles. The third-order valence-electron chi connectivity index (χ3n) is 4.82. The fourth-order valence-corrected chi connectivity index (χ4v) is 4.75. The molecule has 0 aliphatic heterocycles. The number of rotatable bonds is 5. The average Bonchev–Trinajstić information content (AvgIpc) is 3.36. The second kappa shape index (κ2) is 6.56. The zero-order valence-corrected chi connectivity index (χ0v) is 16.0. The van der Waals surface area contributed by atoms with Crippen LogP contribution in [0, 0.1) is 19.7 Å². The molecule has 0 atom stereocenters. The lowest BCUT2D eigenvalue weighted by molar-refractivity contribution is 0.564. The summed E-state index contributed by atoms with van der Waals surface area (Å²) in [4.78, 5) is 0. The lowest BCUT2D eigenvalue weighted by atomic mass is 10.1. The van der Waals surface area contributed by atoms with Gasteiger partial charge in [-0.2, -0.15) is 0 Å². The van der Waals surface area contributed by atoms with Gasteiger partial charge >= 0.3 is 0 Å². The van der Waals surface area contributed by atoms with Gasteiger partial charge in [-0.05, 0) is 49.9 Å². The summed E-state index contributed by atoms with van der Waals surface area (Å²) in [5, 5.41) is 7.94. The van der Waals surface area contributed by atoms with Crippen molar-refractivity contribution in [1.82, 2.24) is 14.8 Å². The first-order chi connectivity index (χ1) is 12.9. The molecule has 5 nitrogen and oxygen atoms in total. The molecule has 27 heavy (non-hydrogen) atoms. The first kappa shape index (κ1) is 17.9. The monoisotopic (exact) mass is 385 g/mol. The largest absolute Gasteiger partial charge is 0.295 e. The summed E-state index contributed by atoms with van der Waals surface area (Å²) in [7, 11) is -3.72. The summed E-state index contributed by atoms with van der Waals surface area (Å²) in [6.07, 6.45) is 1.68. The topological polar surface area (TPSA) is 64.8 Å². The summed E-state index contributed by atoms with van der Waals surface area (Å²) in [6, 6.07) is 12.0. The number of hydrogen-bond acceptors (Lipinski definition) is 4. The molecule has 2 aromatic carbocycles. The Morgan fingerprint density at radius 3 is 2.56 bits per heavy atom. The van der Waals surface area contributed by atoms with Crippen molar-refractivity contribution >= 4 is 9.84 Å². The quantitative estimate of drug-likeness (QED) is 0.666. The standard InChI is InChI=1S/C20H20FN3O2S/c1-13-7-8-14(2)15(11-13)12-27(25,26)20-23-22-19(24(20)16-9-10-16)17-5-3-4-6-18(17)21/h3-8,11,16H,9-10,12H2,1-2H3. The van der Waals surface area contributed by atoms with Crippen molar-refractivity contribution in [2.45, 2.75) is 43.6 Å². The van der Waals surface area contributed by atoms with E-state index < -0.39 is 15.7 Å². The fraction of sp³-hybridized carbons (Fsp3) is 0.300. The van der Waals surface area contributed by atoms with Gasteiger partial charge in [-0.1, -0.05) is 35.9 Å². The molecule has 0 N–H and O–H groups in total. The van der Waals surface area contributed by atoms with Gasteiger partial charge in [0.25, 0.3) is 5.16 Å². The summed E-state index contributed by atoms with van der Waals surface area (Å²) in [5.74, 6) is -0.316. The van der Waals surface area contributed by atoms with Crippen molar-refractivity contribution in [3.63, 3.8) is 0 Å². The van der Waals surface area contributed by atoms with Crippen LogP contribution in [0.5, 0.6) is 0 Å². The van der Waals surface area contributed by atoms with Crippen LogP contribution >= 0.6 is 0 Å². The van der Waals surface area contributed by atoms with E-state index in [0.29, 0.717) is 0 Å². The van der Waals surface area contributed by atoms with E-state index in [2.05, 4.69) is 10.2 Å². The van der Waals surface area contributed by atoms with Crippen molar-refractivity contribution in [3.8, 4) is 11.4 Å². The Kier molecular flexibility index (Phi) is 4.34. The molecule has 0 amide bonds. The van der Waals surface area contributed by atoms with E-state index in [1.54, 1.807) is 22.8 Å². The van der Waals surface area contributed by atoms with Gasteiger partial charge < -0.3 is 0 Å². The fourth-order valence-electron chi connectivity index (χ4n) is 3.20. The highest BCUT2D eigenvalue weighted by molar-refractivity contribution is 7.90. The number of aromatic nitrogens is 3. The highest BCUT2D eigenvalue weighted by Gasteiger charge is 2.35. The number of halogens is 1. The molecule has 1 aliphatic rings. The molecule has 140 valence electrons. The van der Waals surface area contributed by atoms with Crippen molar-refractivity contribution in [1.29, 1.82) is 0 Å². The molecule has 1 aliphatic carbocycles. The van der Waals surface area contributed by atoms with Crippen LogP contribution < -0.4 is 0 Å². The Labute approximate surface area is 157 Å². The first-order valence-electron chi connectivity index (χ1n) is 8.85. The molecule has 0 bridgehead atoms. The lowest BCUT2D eigenvalue weighted by Crippen LogP contribution is -2.14. The maximum atomic E-state index is 14.3. The third-order valence-corrected chi connectivity index (χ3v) is 6.35. The highest BCUT2D eigenvalue weighted by atomic mass is 32.2. The van der Waals surface area contributed by atoms with Gasteiger partial charge in [0.2, 0.25) is 9.84 Å². The van der Waals surface area contributed by atoms with Crippen molar-refractivity contribution < 1.29 is 12.8 Å². The summed E-state index contributed by atoms with van der Waals surface area (Å²) in [5.41, 5.74) is 2.93. The molecule has 0 spiro atoms. The van der Waals surface area contributed by atoms with Gasteiger partial charge in [0, 0.05) is 6.04 Å². The van der Waals surface area contributed by atoms with Crippen LogP contribution in [0.1, 0.15) is 35.6 Å². The molecular weight excluding hydrogens is 365 g/mol. The molecule has 1 aromatic heterocycles. The molecule has 0 saturated heterocycles. The second-order valence-corrected chi connectivity index (χ2v) is 8.96. The molecule has 7 heteroatoms. The predicted octanol–water partition coefficient (Wildman–Crippen LogP) is 4.01. The van der Waals surface area contributed by atoms with Crippen LogP contribution in [0.4, 0.5) is 4.39 Å². The highest BCUT2D eigenvalue weighted by Crippen LogP contribution is 2.40. The summed E-state index contributed by atoms with van der Waals surface area (Å²) in [6.45, 7) is 3.82. The number of aryl methyl sites for hydroxylation is 2. The SMILES string of the molecule is Cc1ccc(C)c(CS(=O)(=O)c2nnc(-c3ccccc3F)n2C2CC2)c1. The smallest absolute Gasteiger partial charge is 0.250 e. The second-order valence-electron chi connectivity index (χ2n) is 7.08. The third kappa shape index (κ3) is 3.39. The van der Waals surface area contributed by atoms with E-state index in [9.17, 15) is 12.8 Å². The van der Waals surface area contributed by atoms with E-state index in [1.165, 1.54) is 6.07 Å². The van der Waals surface area contributed by atoms with Crippen molar-refractivity contribution in [3.05, 3.63) is 65.0 Å². The zero-order valence-electron chi connectivity index (χ0n) is 15.2. The predicted molar refractivity (Wildman–Crippen MR) is 100 cm³/mol.